The van der Waals surface area contributed by atoms with Gasteiger partial charge in [0.25, 0.3) is 0 Å². The third-order valence-corrected chi connectivity index (χ3v) is 3.77. The first-order chi connectivity index (χ1) is 4.93. The molecule has 1 aromatic carbocycles. The van der Waals surface area contributed by atoms with Gasteiger partial charge < -0.3 is 0 Å². The van der Waals surface area contributed by atoms with Crippen LogP contribution in [0.1, 0.15) is 13.3 Å². The van der Waals surface area contributed by atoms with Crippen LogP contribution in [-0.2, 0) is 0 Å². The molecule has 0 nitrogen and oxygen atoms in total. The highest BCUT2D eigenvalue weighted by atomic mass is 28.2. The van der Waals surface area contributed by atoms with Crippen molar-refractivity contribution in [3.63, 3.8) is 0 Å². The Balaban J connectivity index is 2.43. The highest BCUT2D eigenvalue weighted by molar-refractivity contribution is 6.53. The Hall–Kier alpha value is -0.563. The van der Waals surface area contributed by atoms with Crippen molar-refractivity contribution in [2.75, 3.05) is 0 Å². The van der Waals surface area contributed by atoms with Crippen LogP contribution in [0.2, 0.25) is 6.04 Å². The first-order valence-corrected chi connectivity index (χ1v) is 5.68. The second kappa shape index (κ2) is 4.28. The van der Waals surface area contributed by atoms with Crippen molar-refractivity contribution in [2.24, 2.45) is 0 Å². The molecule has 0 saturated carbocycles. The summed E-state index contributed by atoms with van der Waals surface area (Å²) in [4.78, 5) is 0. The van der Waals surface area contributed by atoms with Crippen LogP contribution < -0.4 is 5.19 Å². The van der Waals surface area contributed by atoms with Crippen LogP contribution in [-0.4, -0.2) is 9.52 Å². The molecule has 0 radical (unpaired) electrons. The minimum atomic E-state index is 0.0886. The van der Waals surface area contributed by atoms with Gasteiger partial charge in [0.15, 0.2) is 0 Å². The second-order valence-electron chi connectivity index (χ2n) is 2.59. The van der Waals surface area contributed by atoms with Gasteiger partial charge in [-0.15, -0.1) is 0 Å². The van der Waals surface area contributed by atoms with Gasteiger partial charge in [-0.25, -0.2) is 0 Å². The molecule has 0 spiro atoms. The summed E-state index contributed by atoms with van der Waals surface area (Å²) in [5, 5.41) is 1.60. The molecule has 0 aliphatic heterocycles. The first-order valence-electron chi connectivity index (χ1n) is 3.97. The Bertz CT molecular complexity index is 169. The molecule has 1 aromatic rings. The Kier molecular flexibility index (Phi) is 3.23. The number of rotatable bonds is 3. The van der Waals surface area contributed by atoms with E-state index in [9.17, 15) is 0 Å². The van der Waals surface area contributed by atoms with Gasteiger partial charge in [-0.1, -0.05) is 54.9 Å². The summed E-state index contributed by atoms with van der Waals surface area (Å²) in [7, 11) is 0.0886. The third kappa shape index (κ3) is 2.36. The Morgan fingerprint density at radius 1 is 1.20 bits per heavy atom. The predicted octanol–water partition coefficient (Wildman–Crippen LogP) is 1.31. The largest absolute Gasteiger partial charge is 0.0669 e. The van der Waals surface area contributed by atoms with Crippen LogP contribution in [0.25, 0.3) is 0 Å². The summed E-state index contributed by atoms with van der Waals surface area (Å²) in [6.45, 7) is 2.26. The van der Waals surface area contributed by atoms with Crippen LogP contribution in [0.3, 0.4) is 0 Å². The predicted molar refractivity (Wildman–Crippen MR) is 49.7 cm³/mol. The highest BCUT2D eigenvalue weighted by Crippen LogP contribution is 1.87. The van der Waals surface area contributed by atoms with Crippen LogP contribution in [0.15, 0.2) is 30.3 Å². The van der Waals surface area contributed by atoms with Crippen molar-refractivity contribution in [3.8, 4) is 0 Å². The van der Waals surface area contributed by atoms with Crippen LogP contribution >= 0.6 is 0 Å². The van der Waals surface area contributed by atoms with Crippen molar-refractivity contribution in [3.05, 3.63) is 30.3 Å². The molecule has 10 heavy (non-hydrogen) atoms. The molecule has 0 atom stereocenters. The van der Waals surface area contributed by atoms with Crippen molar-refractivity contribution in [1.29, 1.82) is 0 Å². The average molecular weight is 150 g/mol. The number of hydrogen-bond acceptors (Lipinski definition) is 0. The molecule has 0 aliphatic rings. The normalized spacial score (nSPS) is 10.9. The molecule has 0 aliphatic carbocycles. The van der Waals surface area contributed by atoms with E-state index in [0.29, 0.717) is 0 Å². The Morgan fingerprint density at radius 2 is 1.90 bits per heavy atom. The third-order valence-electron chi connectivity index (χ3n) is 1.66. The molecular weight excluding hydrogens is 136 g/mol. The fourth-order valence-corrected chi connectivity index (χ4v) is 2.39. The van der Waals surface area contributed by atoms with Crippen molar-refractivity contribution in [1.82, 2.24) is 0 Å². The smallest absolute Gasteiger partial charge is 0.0547 e. The Labute approximate surface area is 65.1 Å². The molecule has 0 unspecified atom stereocenters. The van der Waals surface area contributed by atoms with E-state index in [1.54, 1.807) is 5.19 Å². The zero-order chi connectivity index (χ0) is 7.23. The molecule has 0 saturated heterocycles. The quantitative estimate of drug-likeness (QED) is 0.570. The maximum absolute atomic E-state index is 2.26. The molecule has 0 fully saturated rings. The molecule has 0 heterocycles. The van der Waals surface area contributed by atoms with E-state index >= 15 is 0 Å². The minimum absolute atomic E-state index is 0.0886. The maximum Gasteiger partial charge on any atom is 0.0547 e. The molecule has 0 bridgehead atoms. The topological polar surface area (TPSA) is 0 Å². The van der Waals surface area contributed by atoms with E-state index in [0.717, 1.165) is 0 Å². The zero-order valence-corrected chi connectivity index (χ0v) is 7.92. The molecule has 0 N–H and O–H groups in total. The van der Waals surface area contributed by atoms with E-state index in [1.165, 1.54) is 12.5 Å². The van der Waals surface area contributed by atoms with Gasteiger partial charge >= 0.3 is 0 Å². The lowest BCUT2D eigenvalue weighted by molar-refractivity contribution is 1.08. The summed E-state index contributed by atoms with van der Waals surface area (Å²) in [5.74, 6) is 0. The molecule has 1 heteroatoms. The second-order valence-corrected chi connectivity index (χ2v) is 4.61. The summed E-state index contributed by atoms with van der Waals surface area (Å²) < 4.78 is 0. The number of hydrogen-bond donors (Lipinski definition) is 0. The van der Waals surface area contributed by atoms with Gasteiger partial charge in [0.05, 0.1) is 9.52 Å². The van der Waals surface area contributed by atoms with Gasteiger partial charge in [-0.3, -0.25) is 0 Å². The monoisotopic (exact) mass is 150 g/mol. The van der Waals surface area contributed by atoms with Gasteiger partial charge in [0, 0.05) is 0 Å². The first kappa shape index (κ1) is 7.54. The highest BCUT2D eigenvalue weighted by Gasteiger charge is 1.88. The molecule has 0 aromatic heterocycles. The summed E-state index contributed by atoms with van der Waals surface area (Å²) in [6, 6.07) is 12.3. The van der Waals surface area contributed by atoms with Crippen LogP contribution in [0, 0.1) is 0 Å². The molecule has 0 amide bonds. The van der Waals surface area contributed by atoms with E-state index < -0.39 is 0 Å². The SMILES string of the molecule is CCC[SiH2]c1ccccc1. The van der Waals surface area contributed by atoms with Gasteiger partial charge in [0.2, 0.25) is 0 Å². The fourth-order valence-electron chi connectivity index (χ4n) is 1.03. The van der Waals surface area contributed by atoms with E-state index in [4.69, 9.17) is 0 Å². The standard InChI is InChI=1S/C9H14Si/c1-2-8-10-9-6-4-3-5-7-9/h3-7H,2,8,10H2,1H3. The summed E-state index contributed by atoms with van der Waals surface area (Å²) in [5.41, 5.74) is 0. The fraction of sp³-hybridized carbons (Fsp3) is 0.333. The van der Waals surface area contributed by atoms with Crippen LogP contribution in [0.4, 0.5) is 0 Å². The lowest BCUT2D eigenvalue weighted by atomic mass is 10.4. The molecule has 1 rings (SSSR count). The minimum Gasteiger partial charge on any atom is -0.0669 e. The molecular formula is C9H14Si. The van der Waals surface area contributed by atoms with Crippen LogP contribution in [0.5, 0.6) is 0 Å². The lowest BCUT2D eigenvalue weighted by Gasteiger charge is -1.95. The van der Waals surface area contributed by atoms with Gasteiger partial charge in [-0.05, 0) is 0 Å². The Morgan fingerprint density at radius 3 is 2.50 bits per heavy atom. The van der Waals surface area contributed by atoms with Crippen molar-refractivity contribution < 1.29 is 0 Å². The average Bonchev–Trinajstić information content (AvgIpc) is 2.03. The van der Waals surface area contributed by atoms with Crippen molar-refractivity contribution in [2.45, 2.75) is 19.4 Å². The van der Waals surface area contributed by atoms with E-state index in [2.05, 4.69) is 37.3 Å². The maximum atomic E-state index is 2.26. The zero-order valence-electron chi connectivity index (χ0n) is 6.51. The lowest BCUT2D eigenvalue weighted by Crippen LogP contribution is -2.11. The summed E-state index contributed by atoms with van der Waals surface area (Å²) in [6.07, 6.45) is 1.35. The molecule has 54 valence electrons. The van der Waals surface area contributed by atoms with Crippen molar-refractivity contribution >= 4 is 14.7 Å². The van der Waals surface area contributed by atoms with Gasteiger partial charge in [0.1, 0.15) is 0 Å². The van der Waals surface area contributed by atoms with E-state index in [1.807, 2.05) is 0 Å². The van der Waals surface area contributed by atoms with E-state index in [-0.39, 0.29) is 9.52 Å². The number of benzene rings is 1. The van der Waals surface area contributed by atoms with Gasteiger partial charge in [-0.2, -0.15) is 0 Å². The summed E-state index contributed by atoms with van der Waals surface area (Å²) >= 11 is 0.